The highest BCUT2D eigenvalue weighted by Gasteiger charge is 2.20. The Labute approximate surface area is 164 Å². The summed E-state index contributed by atoms with van der Waals surface area (Å²) in [7, 11) is 0. The molecule has 1 aliphatic heterocycles. The molecule has 1 aliphatic rings. The van der Waals surface area contributed by atoms with E-state index in [1.54, 1.807) is 25.3 Å². The van der Waals surface area contributed by atoms with E-state index in [4.69, 9.17) is 11.6 Å². The number of piperazine rings is 1. The molecular formula is C20H23ClN4O2. The van der Waals surface area contributed by atoms with Crippen LogP contribution >= 0.6 is 11.6 Å². The lowest BCUT2D eigenvalue weighted by molar-refractivity contribution is -0.129. The number of amides is 2. The van der Waals surface area contributed by atoms with Gasteiger partial charge in [0, 0.05) is 56.4 Å². The van der Waals surface area contributed by atoms with Crippen molar-refractivity contribution in [1.29, 1.82) is 0 Å². The minimum atomic E-state index is -0.122. The lowest BCUT2D eigenvalue weighted by atomic mass is 10.1. The molecule has 2 amide bonds. The van der Waals surface area contributed by atoms with Gasteiger partial charge in [-0.15, -0.1) is 0 Å². The standard InChI is InChI=1S/C20H23ClN4O2/c1-15(26)24-9-11-25(12-10-24)19-14-17(6-8-22-19)20(27)23-7-5-16-3-2-4-18(21)13-16/h2-4,6,8,13-14H,5,7,9-12H2,1H3,(H,23,27). The van der Waals surface area contributed by atoms with Crippen molar-refractivity contribution in [3.8, 4) is 0 Å². The molecule has 1 aromatic carbocycles. The van der Waals surface area contributed by atoms with Gasteiger partial charge in [-0.25, -0.2) is 4.98 Å². The van der Waals surface area contributed by atoms with Gasteiger partial charge in [-0.1, -0.05) is 23.7 Å². The molecule has 6 nitrogen and oxygen atoms in total. The summed E-state index contributed by atoms with van der Waals surface area (Å²) in [6, 6.07) is 11.1. The Morgan fingerprint density at radius 1 is 1.15 bits per heavy atom. The number of rotatable bonds is 5. The van der Waals surface area contributed by atoms with E-state index in [0.717, 1.165) is 17.8 Å². The average molecular weight is 387 g/mol. The Balaban J connectivity index is 1.55. The fourth-order valence-electron chi connectivity index (χ4n) is 3.10. The maximum absolute atomic E-state index is 12.4. The van der Waals surface area contributed by atoms with Crippen LogP contribution in [0.3, 0.4) is 0 Å². The minimum absolute atomic E-state index is 0.0930. The molecule has 0 radical (unpaired) electrons. The number of aromatic nitrogens is 1. The number of hydrogen-bond donors (Lipinski definition) is 1. The predicted octanol–water partition coefficient (Wildman–Crippen LogP) is 2.38. The number of nitrogens with zero attached hydrogens (tertiary/aromatic N) is 3. The van der Waals surface area contributed by atoms with Crippen molar-refractivity contribution in [2.45, 2.75) is 13.3 Å². The van der Waals surface area contributed by atoms with Crippen LogP contribution in [-0.4, -0.2) is 54.4 Å². The lowest BCUT2D eigenvalue weighted by Crippen LogP contribution is -2.48. The first-order chi connectivity index (χ1) is 13.0. The Kier molecular flexibility index (Phi) is 6.29. The maximum Gasteiger partial charge on any atom is 0.251 e. The number of halogens is 1. The molecule has 0 bridgehead atoms. The Bertz CT molecular complexity index is 819. The van der Waals surface area contributed by atoms with Gasteiger partial charge in [0.1, 0.15) is 5.82 Å². The summed E-state index contributed by atoms with van der Waals surface area (Å²) >= 11 is 5.98. The minimum Gasteiger partial charge on any atom is -0.353 e. The Morgan fingerprint density at radius 2 is 1.93 bits per heavy atom. The van der Waals surface area contributed by atoms with E-state index in [-0.39, 0.29) is 11.8 Å². The third kappa shape index (κ3) is 5.20. The topological polar surface area (TPSA) is 65.5 Å². The number of benzene rings is 1. The zero-order valence-electron chi connectivity index (χ0n) is 15.3. The van der Waals surface area contributed by atoms with Gasteiger partial charge in [0.05, 0.1) is 0 Å². The fraction of sp³-hybridized carbons (Fsp3) is 0.350. The quantitative estimate of drug-likeness (QED) is 0.856. The monoisotopic (exact) mass is 386 g/mol. The van der Waals surface area contributed by atoms with Crippen LogP contribution in [0.1, 0.15) is 22.8 Å². The number of carbonyl (C=O) groups is 2. The first-order valence-corrected chi connectivity index (χ1v) is 9.40. The highest BCUT2D eigenvalue weighted by atomic mass is 35.5. The van der Waals surface area contributed by atoms with Gasteiger partial charge in [-0.05, 0) is 36.2 Å². The summed E-state index contributed by atoms with van der Waals surface area (Å²) in [5.41, 5.74) is 1.67. The number of pyridine rings is 1. The van der Waals surface area contributed by atoms with Gasteiger partial charge < -0.3 is 15.1 Å². The van der Waals surface area contributed by atoms with Gasteiger partial charge in [0.15, 0.2) is 0 Å². The van der Waals surface area contributed by atoms with Crippen molar-refractivity contribution >= 4 is 29.2 Å². The fourth-order valence-corrected chi connectivity index (χ4v) is 3.31. The van der Waals surface area contributed by atoms with Crippen molar-refractivity contribution in [2.75, 3.05) is 37.6 Å². The molecule has 0 unspecified atom stereocenters. The highest BCUT2D eigenvalue weighted by Crippen LogP contribution is 2.15. The number of hydrogen-bond acceptors (Lipinski definition) is 4. The molecule has 7 heteroatoms. The van der Waals surface area contributed by atoms with Crippen LogP contribution in [0.2, 0.25) is 5.02 Å². The molecule has 1 fully saturated rings. The van der Waals surface area contributed by atoms with E-state index in [1.807, 2.05) is 29.2 Å². The molecule has 142 valence electrons. The Morgan fingerprint density at radius 3 is 2.63 bits per heavy atom. The third-order valence-corrected chi connectivity index (χ3v) is 4.88. The number of anilines is 1. The summed E-state index contributed by atoms with van der Waals surface area (Å²) in [6.45, 7) is 4.90. The SMILES string of the molecule is CC(=O)N1CCN(c2cc(C(=O)NCCc3cccc(Cl)c3)ccn2)CC1. The predicted molar refractivity (Wildman–Crippen MR) is 106 cm³/mol. The second kappa shape index (κ2) is 8.86. The zero-order chi connectivity index (χ0) is 19.2. The molecule has 0 aliphatic carbocycles. The molecule has 0 atom stereocenters. The Hall–Kier alpha value is -2.60. The van der Waals surface area contributed by atoms with Gasteiger partial charge >= 0.3 is 0 Å². The van der Waals surface area contributed by atoms with E-state index in [1.165, 1.54) is 0 Å². The van der Waals surface area contributed by atoms with Crippen LogP contribution in [0.5, 0.6) is 0 Å². The first kappa shape index (κ1) is 19.2. The van der Waals surface area contributed by atoms with Crippen molar-refractivity contribution in [2.24, 2.45) is 0 Å². The van der Waals surface area contributed by atoms with Crippen molar-refractivity contribution in [1.82, 2.24) is 15.2 Å². The molecule has 1 aromatic heterocycles. The number of nitrogens with one attached hydrogen (secondary N) is 1. The highest BCUT2D eigenvalue weighted by molar-refractivity contribution is 6.30. The molecule has 2 aromatic rings. The van der Waals surface area contributed by atoms with Crippen LogP contribution < -0.4 is 10.2 Å². The van der Waals surface area contributed by atoms with E-state index in [0.29, 0.717) is 43.3 Å². The summed E-state index contributed by atoms with van der Waals surface area (Å²) in [4.78, 5) is 32.2. The second-order valence-electron chi connectivity index (χ2n) is 6.53. The van der Waals surface area contributed by atoms with Crippen molar-refractivity contribution in [3.05, 3.63) is 58.7 Å². The van der Waals surface area contributed by atoms with Gasteiger partial charge in [0.25, 0.3) is 5.91 Å². The third-order valence-electron chi connectivity index (χ3n) is 4.64. The van der Waals surface area contributed by atoms with Gasteiger partial charge in [0.2, 0.25) is 5.91 Å². The van der Waals surface area contributed by atoms with Gasteiger partial charge in [-0.2, -0.15) is 0 Å². The smallest absolute Gasteiger partial charge is 0.251 e. The molecule has 0 spiro atoms. The molecule has 1 saturated heterocycles. The van der Waals surface area contributed by atoms with E-state index < -0.39 is 0 Å². The molecule has 2 heterocycles. The largest absolute Gasteiger partial charge is 0.353 e. The summed E-state index contributed by atoms with van der Waals surface area (Å²) in [5, 5.41) is 3.63. The average Bonchev–Trinajstić information content (AvgIpc) is 2.68. The summed E-state index contributed by atoms with van der Waals surface area (Å²) in [5.74, 6) is 0.735. The van der Waals surface area contributed by atoms with E-state index >= 15 is 0 Å². The molecule has 3 rings (SSSR count). The van der Waals surface area contributed by atoms with E-state index in [9.17, 15) is 9.59 Å². The first-order valence-electron chi connectivity index (χ1n) is 9.02. The molecular weight excluding hydrogens is 364 g/mol. The maximum atomic E-state index is 12.4. The van der Waals surface area contributed by atoms with Crippen LogP contribution in [0, 0.1) is 0 Å². The van der Waals surface area contributed by atoms with Crippen molar-refractivity contribution in [3.63, 3.8) is 0 Å². The molecule has 1 N–H and O–H groups in total. The molecule has 0 saturated carbocycles. The van der Waals surface area contributed by atoms with Crippen molar-refractivity contribution < 1.29 is 9.59 Å². The lowest BCUT2D eigenvalue weighted by Gasteiger charge is -2.35. The molecule has 27 heavy (non-hydrogen) atoms. The summed E-state index contributed by atoms with van der Waals surface area (Å²) in [6.07, 6.45) is 2.37. The van der Waals surface area contributed by atoms with Crippen LogP contribution in [0.4, 0.5) is 5.82 Å². The second-order valence-corrected chi connectivity index (χ2v) is 6.97. The normalized spacial score (nSPS) is 14.1. The van der Waals surface area contributed by atoms with Crippen LogP contribution in [0.15, 0.2) is 42.6 Å². The van der Waals surface area contributed by atoms with E-state index in [2.05, 4.69) is 15.2 Å². The zero-order valence-corrected chi connectivity index (χ0v) is 16.1. The number of carbonyl (C=O) groups excluding carboxylic acids is 2. The van der Waals surface area contributed by atoms with Crippen LogP contribution in [0.25, 0.3) is 0 Å². The van der Waals surface area contributed by atoms with Crippen LogP contribution in [-0.2, 0) is 11.2 Å². The van der Waals surface area contributed by atoms with Gasteiger partial charge in [-0.3, -0.25) is 9.59 Å². The summed E-state index contributed by atoms with van der Waals surface area (Å²) < 4.78 is 0.